The van der Waals surface area contributed by atoms with Crippen LogP contribution >= 0.6 is 11.6 Å². The summed E-state index contributed by atoms with van der Waals surface area (Å²) in [6, 6.07) is 17.2. The predicted molar refractivity (Wildman–Crippen MR) is 150 cm³/mol. The Hall–Kier alpha value is -4.08. The van der Waals surface area contributed by atoms with E-state index in [1.54, 1.807) is 6.07 Å². The van der Waals surface area contributed by atoms with Crippen LogP contribution in [0, 0.1) is 18.8 Å². The Kier molecular flexibility index (Phi) is 7.76. The Labute approximate surface area is 227 Å². The number of fused-ring (bicyclic) bond motifs is 2. The maximum absolute atomic E-state index is 11.9. The molecule has 0 radical (unpaired) electrons. The van der Waals surface area contributed by atoms with Gasteiger partial charge in [0.2, 0.25) is 0 Å². The number of carboxylic acids is 1. The summed E-state index contributed by atoms with van der Waals surface area (Å²) in [5.74, 6) is 5.28. The molecular formula is C31H28ClN3O3. The Bertz CT molecular complexity index is 1560. The number of aromatic carboxylic acids is 1. The van der Waals surface area contributed by atoms with Crippen molar-refractivity contribution in [3.8, 4) is 17.6 Å². The Balaban J connectivity index is 1.30. The molecule has 0 spiro atoms. The van der Waals surface area contributed by atoms with Crippen LogP contribution in [0.3, 0.4) is 0 Å². The van der Waals surface area contributed by atoms with E-state index in [1.807, 2.05) is 55.5 Å². The van der Waals surface area contributed by atoms with E-state index in [1.165, 1.54) is 5.56 Å². The second kappa shape index (κ2) is 11.5. The number of nitrogens with one attached hydrogen (secondary N) is 1. The highest BCUT2D eigenvalue weighted by Crippen LogP contribution is 2.34. The lowest BCUT2D eigenvalue weighted by Crippen LogP contribution is -2.12. The third kappa shape index (κ3) is 5.74. The van der Waals surface area contributed by atoms with E-state index in [4.69, 9.17) is 21.3 Å². The number of aromatic nitrogens is 2. The van der Waals surface area contributed by atoms with Crippen LogP contribution in [-0.4, -0.2) is 27.6 Å². The summed E-state index contributed by atoms with van der Waals surface area (Å²) in [6.07, 6.45) is 4.86. The number of carboxylic acid groups (broad SMARTS) is 1. The van der Waals surface area contributed by atoms with Gasteiger partial charge >= 0.3 is 5.97 Å². The highest BCUT2D eigenvalue weighted by atomic mass is 35.5. The zero-order chi connectivity index (χ0) is 26.5. The minimum Gasteiger partial charge on any atom is -0.486 e. The normalized spacial score (nSPS) is 12.4. The van der Waals surface area contributed by atoms with Crippen LogP contribution < -0.4 is 10.1 Å². The first-order chi connectivity index (χ1) is 18.5. The second-order valence-electron chi connectivity index (χ2n) is 9.34. The first-order valence-corrected chi connectivity index (χ1v) is 13.1. The van der Waals surface area contributed by atoms with E-state index in [0.29, 0.717) is 29.2 Å². The number of nitrogens with zero attached hydrogens (tertiary/aromatic N) is 2. The van der Waals surface area contributed by atoms with Gasteiger partial charge in [-0.05, 0) is 79.5 Å². The van der Waals surface area contributed by atoms with Gasteiger partial charge in [-0.15, -0.1) is 0 Å². The van der Waals surface area contributed by atoms with Crippen LogP contribution in [0.4, 0.5) is 5.69 Å². The van der Waals surface area contributed by atoms with Crippen LogP contribution in [0.2, 0.25) is 5.02 Å². The number of anilines is 1. The summed E-state index contributed by atoms with van der Waals surface area (Å²) in [5, 5.41) is 15.0. The van der Waals surface area contributed by atoms with Crippen LogP contribution in [0.25, 0.3) is 10.9 Å². The molecule has 5 rings (SSSR count). The van der Waals surface area contributed by atoms with Crippen molar-refractivity contribution in [2.45, 2.75) is 45.6 Å². The average molecular weight is 526 g/mol. The fourth-order valence-corrected chi connectivity index (χ4v) is 4.95. The average Bonchev–Trinajstić information content (AvgIpc) is 2.92. The van der Waals surface area contributed by atoms with E-state index >= 15 is 0 Å². The molecule has 2 N–H and O–H groups in total. The lowest BCUT2D eigenvalue weighted by molar-refractivity contribution is 0.0684. The molecule has 1 aliphatic carbocycles. The van der Waals surface area contributed by atoms with E-state index in [-0.39, 0.29) is 18.1 Å². The fourth-order valence-electron chi connectivity index (χ4n) is 4.78. The van der Waals surface area contributed by atoms with E-state index in [2.05, 4.69) is 22.1 Å². The molecule has 6 nitrogen and oxygen atoms in total. The Morgan fingerprint density at radius 2 is 1.92 bits per heavy atom. The minimum absolute atomic E-state index is 0.130. The molecule has 192 valence electrons. The number of pyridine rings is 2. The zero-order valence-corrected chi connectivity index (χ0v) is 21.9. The van der Waals surface area contributed by atoms with Gasteiger partial charge in [0.25, 0.3) is 0 Å². The number of aryl methyl sites for hydroxylation is 2. The third-order valence-electron chi connectivity index (χ3n) is 6.58. The molecule has 2 heterocycles. The predicted octanol–water partition coefficient (Wildman–Crippen LogP) is 6.60. The van der Waals surface area contributed by atoms with Crippen molar-refractivity contribution in [2.75, 3.05) is 11.9 Å². The molecule has 0 amide bonds. The van der Waals surface area contributed by atoms with Gasteiger partial charge in [-0.3, -0.25) is 4.98 Å². The van der Waals surface area contributed by atoms with Crippen LogP contribution in [0.1, 0.15) is 57.8 Å². The number of hydrogen-bond donors (Lipinski definition) is 2. The standard InChI is InChI=1S/C31H28ClN3O3/c1-20-17-23(34-29(31(36)37)30(20)38-19-21-9-3-2-4-10-21)11-7-8-16-33-28-24-12-5-6-13-26(24)35-27-15-14-22(32)18-25(27)28/h2-4,9-10,14-15,17-18H,5-6,8,12-13,16,19H2,1H3,(H,33,35)(H,36,37). The van der Waals surface area contributed by atoms with Crippen molar-refractivity contribution >= 4 is 34.2 Å². The van der Waals surface area contributed by atoms with Gasteiger partial charge in [0.05, 0.1) is 5.52 Å². The van der Waals surface area contributed by atoms with Gasteiger partial charge in [0.1, 0.15) is 12.3 Å². The molecule has 0 unspecified atom stereocenters. The molecule has 0 saturated carbocycles. The number of ether oxygens (including phenoxy) is 1. The van der Waals surface area contributed by atoms with Crippen LogP contribution in [0.5, 0.6) is 5.75 Å². The van der Waals surface area contributed by atoms with Crippen molar-refractivity contribution < 1.29 is 14.6 Å². The highest BCUT2D eigenvalue weighted by Gasteiger charge is 2.19. The summed E-state index contributed by atoms with van der Waals surface area (Å²) < 4.78 is 5.84. The summed E-state index contributed by atoms with van der Waals surface area (Å²) in [7, 11) is 0. The SMILES string of the molecule is Cc1cc(C#CCCNc2c3c(nc4ccc(Cl)cc24)CCCC3)nc(C(=O)O)c1OCc1ccccc1. The smallest absolute Gasteiger partial charge is 0.358 e. The summed E-state index contributed by atoms with van der Waals surface area (Å²) in [6.45, 7) is 2.71. The van der Waals surface area contributed by atoms with Crippen molar-refractivity contribution in [1.82, 2.24) is 9.97 Å². The topological polar surface area (TPSA) is 84.3 Å². The monoisotopic (exact) mass is 525 g/mol. The second-order valence-corrected chi connectivity index (χ2v) is 9.78. The number of rotatable bonds is 7. The molecule has 0 bridgehead atoms. The quantitative estimate of drug-likeness (QED) is 0.209. The summed E-state index contributed by atoms with van der Waals surface area (Å²) in [4.78, 5) is 21.0. The van der Waals surface area contributed by atoms with Crippen molar-refractivity contribution in [2.24, 2.45) is 0 Å². The fraction of sp³-hybridized carbons (Fsp3) is 0.258. The molecule has 0 aliphatic heterocycles. The molecule has 4 aromatic rings. The lowest BCUT2D eigenvalue weighted by atomic mass is 9.92. The summed E-state index contributed by atoms with van der Waals surface area (Å²) >= 11 is 6.30. The molecule has 38 heavy (non-hydrogen) atoms. The summed E-state index contributed by atoms with van der Waals surface area (Å²) in [5.41, 5.74) is 6.38. The maximum Gasteiger partial charge on any atom is 0.358 e. The van der Waals surface area contributed by atoms with Gasteiger partial charge in [-0.1, -0.05) is 47.9 Å². The molecule has 0 saturated heterocycles. The van der Waals surface area contributed by atoms with Crippen LogP contribution in [0.15, 0.2) is 54.6 Å². The molecule has 0 atom stereocenters. The van der Waals surface area contributed by atoms with Crippen LogP contribution in [-0.2, 0) is 19.4 Å². The van der Waals surface area contributed by atoms with Gasteiger partial charge in [0, 0.05) is 34.8 Å². The molecule has 2 aromatic carbocycles. The first-order valence-electron chi connectivity index (χ1n) is 12.7. The number of benzene rings is 2. The maximum atomic E-state index is 11.9. The molecule has 0 fully saturated rings. The highest BCUT2D eigenvalue weighted by molar-refractivity contribution is 6.31. The Morgan fingerprint density at radius 3 is 2.74 bits per heavy atom. The number of halogens is 1. The van der Waals surface area contributed by atoms with E-state index in [9.17, 15) is 9.90 Å². The molecular weight excluding hydrogens is 498 g/mol. The lowest BCUT2D eigenvalue weighted by Gasteiger charge is -2.21. The van der Waals surface area contributed by atoms with E-state index in [0.717, 1.165) is 53.5 Å². The zero-order valence-electron chi connectivity index (χ0n) is 21.2. The minimum atomic E-state index is -1.14. The Morgan fingerprint density at radius 1 is 1.11 bits per heavy atom. The van der Waals surface area contributed by atoms with Gasteiger partial charge in [-0.2, -0.15) is 0 Å². The van der Waals surface area contributed by atoms with Crippen molar-refractivity contribution in [3.05, 3.63) is 93.4 Å². The van der Waals surface area contributed by atoms with Crippen molar-refractivity contribution in [3.63, 3.8) is 0 Å². The van der Waals surface area contributed by atoms with Crippen molar-refractivity contribution in [1.29, 1.82) is 0 Å². The first kappa shape index (κ1) is 25.6. The largest absolute Gasteiger partial charge is 0.486 e. The van der Waals surface area contributed by atoms with Gasteiger partial charge < -0.3 is 15.2 Å². The number of hydrogen-bond acceptors (Lipinski definition) is 5. The molecule has 7 heteroatoms. The van der Waals surface area contributed by atoms with Gasteiger partial charge in [-0.25, -0.2) is 9.78 Å². The number of carbonyl (C=O) groups is 1. The molecule has 1 aliphatic rings. The van der Waals surface area contributed by atoms with E-state index < -0.39 is 5.97 Å². The molecule has 2 aromatic heterocycles. The van der Waals surface area contributed by atoms with Gasteiger partial charge in [0.15, 0.2) is 11.4 Å². The third-order valence-corrected chi connectivity index (χ3v) is 6.81.